The Hall–Kier alpha value is 0. The van der Waals surface area contributed by atoms with Gasteiger partial charge >= 0.3 is 0 Å². The highest BCUT2D eigenvalue weighted by atomic mass is 14.1. The molecule has 2 atom stereocenters. The van der Waals surface area contributed by atoms with Crippen molar-refractivity contribution in [1.82, 2.24) is 0 Å². The molecule has 0 aromatic rings. The summed E-state index contributed by atoms with van der Waals surface area (Å²) >= 11 is 0. The van der Waals surface area contributed by atoms with Gasteiger partial charge in [0.25, 0.3) is 0 Å². The second kappa shape index (κ2) is 13.4. The second-order valence-corrected chi connectivity index (χ2v) is 6.49. The number of rotatable bonds is 13. The fourth-order valence-electron chi connectivity index (χ4n) is 2.75. The van der Waals surface area contributed by atoms with E-state index in [2.05, 4.69) is 27.7 Å². The largest absolute Gasteiger partial charge is 0.0654 e. The zero-order chi connectivity index (χ0) is 13.6. The van der Waals surface area contributed by atoms with E-state index in [1.165, 1.54) is 77.0 Å². The molecule has 0 aromatic heterocycles. The van der Waals surface area contributed by atoms with Crippen molar-refractivity contribution in [2.75, 3.05) is 0 Å². The van der Waals surface area contributed by atoms with Crippen molar-refractivity contribution < 1.29 is 0 Å². The van der Waals surface area contributed by atoms with Crippen LogP contribution >= 0.6 is 0 Å². The molecule has 0 N–H and O–H groups in total. The first kappa shape index (κ1) is 18.0. The predicted octanol–water partition coefficient (Wildman–Crippen LogP) is 6.98. The highest BCUT2D eigenvalue weighted by Crippen LogP contribution is 2.20. The Labute approximate surface area is 117 Å². The molecule has 0 saturated carbocycles. The summed E-state index contributed by atoms with van der Waals surface area (Å²) in [7, 11) is 0. The quantitative estimate of drug-likeness (QED) is 0.311. The molecule has 0 spiro atoms. The maximum absolute atomic E-state index is 2.45. The lowest BCUT2D eigenvalue weighted by molar-refractivity contribution is 0.405. The van der Waals surface area contributed by atoms with Crippen molar-refractivity contribution >= 4 is 0 Å². The highest BCUT2D eigenvalue weighted by Gasteiger charge is 2.04. The van der Waals surface area contributed by atoms with Gasteiger partial charge in [-0.1, -0.05) is 105 Å². The van der Waals surface area contributed by atoms with Crippen LogP contribution in [0, 0.1) is 11.8 Å². The average Bonchev–Trinajstić information content (AvgIpc) is 2.37. The van der Waals surface area contributed by atoms with Crippen molar-refractivity contribution in [2.24, 2.45) is 11.8 Å². The van der Waals surface area contributed by atoms with Gasteiger partial charge in [-0.25, -0.2) is 0 Å². The summed E-state index contributed by atoms with van der Waals surface area (Å²) < 4.78 is 0. The van der Waals surface area contributed by atoms with Crippen LogP contribution in [0.3, 0.4) is 0 Å². The van der Waals surface area contributed by atoms with Crippen LogP contribution in [0.2, 0.25) is 0 Å². The molecule has 110 valence electrons. The van der Waals surface area contributed by atoms with E-state index >= 15 is 0 Å². The number of hydrogen-bond acceptors (Lipinski definition) is 0. The van der Waals surface area contributed by atoms with Crippen LogP contribution in [0.1, 0.15) is 105 Å². The standard InChI is InChI=1S/C18H38/c1-5-7-9-10-14-18(4)16-12-11-15-17(3)13-8-6-2/h17-18H,5-16H2,1-4H3. The topological polar surface area (TPSA) is 0 Å². The minimum atomic E-state index is 0.963. The fourth-order valence-corrected chi connectivity index (χ4v) is 2.75. The van der Waals surface area contributed by atoms with Crippen molar-refractivity contribution in [3.63, 3.8) is 0 Å². The first-order valence-electron chi connectivity index (χ1n) is 8.70. The van der Waals surface area contributed by atoms with Gasteiger partial charge in [-0.05, 0) is 11.8 Å². The molecule has 2 unspecified atom stereocenters. The summed E-state index contributed by atoms with van der Waals surface area (Å²) in [5.41, 5.74) is 0. The minimum absolute atomic E-state index is 0.963. The summed E-state index contributed by atoms with van der Waals surface area (Å²) in [5.74, 6) is 1.93. The third kappa shape index (κ3) is 12.5. The molecule has 0 radical (unpaired) electrons. The van der Waals surface area contributed by atoms with Gasteiger partial charge in [-0.3, -0.25) is 0 Å². The Morgan fingerprint density at radius 2 is 0.889 bits per heavy atom. The Morgan fingerprint density at radius 3 is 1.33 bits per heavy atom. The van der Waals surface area contributed by atoms with Crippen molar-refractivity contribution in [3.05, 3.63) is 0 Å². The van der Waals surface area contributed by atoms with Crippen molar-refractivity contribution in [3.8, 4) is 0 Å². The lowest BCUT2D eigenvalue weighted by atomic mass is 9.93. The van der Waals surface area contributed by atoms with E-state index in [1.807, 2.05) is 0 Å². The van der Waals surface area contributed by atoms with Crippen LogP contribution < -0.4 is 0 Å². The molecule has 18 heavy (non-hydrogen) atoms. The molecule has 0 amide bonds. The van der Waals surface area contributed by atoms with E-state index in [4.69, 9.17) is 0 Å². The van der Waals surface area contributed by atoms with E-state index in [0.717, 1.165) is 11.8 Å². The lowest BCUT2D eigenvalue weighted by Gasteiger charge is -2.13. The molecular weight excluding hydrogens is 216 g/mol. The van der Waals surface area contributed by atoms with Gasteiger partial charge in [0, 0.05) is 0 Å². The zero-order valence-electron chi connectivity index (χ0n) is 13.6. The Balaban J connectivity index is 3.26. The predicted molar refractivity (Wildman–Crippen MR) is 85.1 cm³/mol. The molecule has 0 aromatic carbocycles. The summed E-state index contributed by atoms with van der Waals surface area (Å²) in [6.45, 7) is 9.48. The number of hydrogen-bond donors (Lipinski definition) is 0. The van der Waals surface area contributed by atoms with Crippen LogP contribution in [-0.2, 0) is 0 Å². The highest BCUT2D eigenvalue weighted by molar-refractivity contribution is 4.58. The Bertz CT molecular complexity index is 150. The van der Waals surface area contributed by atoms with E-state index in [-0.39, 0.29) is 0 Å². The van der Waals surface area contributed by atoms with Gasteiger partial charge in [0.15, 0.2) is 0 Å². The van der Waals surface area contributed by atoms with E-state index in [9.17, 15) is 0 Å². The molecule has 0 aliphatic rings. The van der Waals surface area contributed by atoms with E-state index < -0.39 is 0 Å². The monoisotopic (exact) mass is 254 g/mol. The average molecular weight is 255 g/mol. The molecule has 0 rings (SSSR count). The first-order chi connectivity index (χ1) is 8.70. The smallest absolute Gasteiger partial charge is 0.0443 e. The van der Waals surface area contributed by atoms with Crippen LogP contribution in [0.5, 0.6) is 0 Å². The molecule has 0 nitrogen and oxygen atoms in total. The van der Waals surface area contributed by atoms with E-state index in [1.54, 1.807) is 0 Å². The molecule has 0 bridgehead atoms. The molecule has 0 saturated heterocycles. The molecule has 0 heterocycles. The summed E-state index contributed by atoms with van der Waals surface area (Å²) in [6.07, 6.45) is 17.3. The first-order valence-corrected chi connectivity index (χ1v) is 8.70. The SMILES string of the molecule is CCCCCCC(C)CCCCC(C)CCCC. The van der Waals surface area contributed by atoms with Gasteiger partial charge in [0.2, 0.25) is 0 Å². The van der Waals surface area contributed by atoms with Gasteiger partial charge in [-0.2, -0.15) is 0 Å². The fraction of sp³-hybridized carbons (Fsp3) is 1.00. The van der Waals surface area contributed by atoms with E-state index in [0.29, 0.717) is 0 Å². The van der Waals surface area contributed by atoms with Crippen LogP contribution in [0.25, 0.3) is 0 Å². The van der Waals surface area contributed by atoms with Gasteiger partial charge < -0.3 is 0 Å². The maximum Gasteiger partial charge on any atom is -0.0443 e. The maximum atomic E-state index is 2.45. The molecule has 0 heteroatoms. The summed E-state index contributed by atoms with van der Waals surface area (Å²) in [6, 6.07) is 0. The van der Waals surface area contributed by atoms with Crippen LogP contribution in [0.15, 0.2) is 0 Å². The van der Waals surface area contributed by atoms with Crippen LogP contribution in [-0.4, -0.2) is 0 Å². The van der Waals surface area contributed by atoms with Gasteiger partial charge in [0.05, 0.1) is 0 Å². The summed E-state index contributed by atoms with van der Waals surface area (Å²) in [5, 5.41) is 0. The lowest BCUT2D eigenvalue weighted by Crippen LogP contribution is -1.98. The van der Waals surface area contributed by atoms with Gasteiger partial charge in [-0.15, -0.1) is 0 Å². The van der Waals surface area contributed by atoms with Gasteiger partial charge in [0.1, 0.15) is 0 Å². The summed E-state index contributed by atoms with van der Waals surface area (Å²) in [4.78, 5) is 0. The molecule has 0 fully saturated rings. The zero-order valence-corrected chi connectivity index (χ0v) is 13.6. The molecule has 0 aliphatic heterocycles. The Morgan fingerprint density at radius 1 is 0.500 bits per heavy atom. The van der Waals surface area contributed by atoms with Crippen molar-refractivity contribution in [1.29, 1.82) is 0 Å². The Kier molecular flexibility index (Phi) is 13.4. The molecule has 0 aliphatic carbocycles. The van der Waals surface area contributed by atoms with Crippen molar-refractivity contribution in [2.45, 2.75) is 105 Å². The molecular formula is C18H38. The number of unbranched alkanes of at least 4 members (excludes halogenated alkanes) is 5. The van der Waals surface area contributed by atoms with Crippen LogP contribution in [0.4, 0.5) is 0 Å². The minimum Gasteiger partial charge on any atom is -0.0654 e. The third-order valence-corrected chi connectivity index (χ3v) is 4.24. The normalized spacial score (nSPS) is 14.7. The second-order valence-electron chi connectivity index (χ2n) is 6.49. The third-order valence-electron chi connectivity index (χ3n) is 4.24.